The highest BCUT2D eigenvalue weighted by molar-refractivity contribution is 5.92. The topological polar surface area (TPSA) is 3.24 Å². The molecule has 0 heterocycles. The Morgan fingerprint density at radius 3 is 1.37 bits per heavy atom. The number of hydrogen-bond acceptors (Lipinski definition) is 1. The molecule has 0 saturated carbocycles. The smallest absolute Gasteiger partial charge is 0.0714 e. The fraction of sp³-hybridized carbons (Fsp3) is 0.0357. The third-order valence-electron chi connectivity index (χ3n) is 11.7. The van der Waals surface area contributed by atoms with E-state index >= 15 is 0 Å². The van der Waals surface area contributed by atoms with Crippen LogP contribution in [0.3, 0.4) is 0 Å². The molecular weight excluding hydrogens is 687 g/mol. The monoisotopic (exact) mass is 727 g/mol. The largest absolute Gasteiger partial charge is 0.310 e. The molecule has 1 aliphatic rings. The second kappa shape index (κ2) is 14.5. The molecule has 1 aliphatic carbocycles. The lowest BCUT2D eigenvalue weighted by Crippen LogP contribution is -2.29. The molecule has 1 unspecified atom stereocenters. The van der Waals surface area contributed by atoms with Crippen LogP contribution in [0.5, 0.6) is 0 Å². The summed E-state index contributed by atoms with van der Waals surface area (Å²) >= 11 is 0. The van der Waals surface area contributed by atoms with Crippen molar-refractivity contribution < 1.29 is 0 Å². The fourth-order valence-electron chi connectivity index (χ4n) is 8.93. The lowest BCUT2D eigenvalue weighted by molar-refractivity contribution is 0.768. The molecule has 1 nitrogen and oxygen atoms in total. The van der Waals surface area contributed by atoms with Gasteiger partial charge in [-0.05, 0) is 98.5 Å². The minimum atomic E-state index is -0.549. The number of para-hydroxylation sites is 1. The van der Waals surface area contributed by atoms with E-state index in [1.165, 1.54) is 72.3 Å². The number of benzene rings is 9. The van der Waals surface area contributed by atoms with E-state index in [9.17, 15) is 0 Å². The van der Waals surface area contributed by atoms with E-state index in [-0.39, 0.29) is 0 Å². The zero-order valence-corrected chi connectivity index (χ0v) is 31.9. The van der Waals surface area contributed by atoms with Gasteiger partial charge in [0.15, 0.2) is 0 Å². The third kappa shape index (κ3) is 5.96. The van der Waals surface area contributed by atoms with Crippen molar-refractivity contribution in [2.75, 3.05) is 4.90 Å². The maximum Gasteiger partial charge on any atom is 0.0714 e. The Bertz CT molecular complexity index is 2810. The van der Waals surface area contributed by atoms with Gasteiger partial charge < -0.3 is 4.90 Å². The molecule has 0 aromatic heterocycles. The lowest BCUT2D eigenvalue weighted by atomic mass is 9.67. The average Bonchev–Trinajstić information content (AvgIpc) is 3.58. The van der Waals surface area contributed by atoms with Crippen LogP contribution in [-0.4, -0.2) is 0 Å². The summed E-state index contributed by atoms with van der Waals surface area (Å²) < 4.78 is 0. The first-order valence-corrected chi connectivity index (χ1v) is 19.8. The standard InChI is InChI=1S/C56H41N/c1-40-25-31-46(32-26-40)56(47-33-27-43(28-34-47)41-15-5-2-6-16-41)53-23-13-11-22-51(53)52-38-37-49(39-54(52)56)57(48-35-29-44(30-36-48)42-17-7-3-8-18-42)55-24-14-12-21-50(55)45-19-9-4-10-20-45/h2-39H,1H3. The van der Waals surface area contributed by atoms with E-state index in [0.29, 0.717) is 0 Å². The summed E-state index contributed by atoms with van der Waals surface area (Å²) in [5, 5.41) is 0. The van der Waals surface area contributed by atoms with Crippen molar-refractivity contribution in [3.05, 3.63) is 258 Å². The van der Waals surface area contributed by atoms with Gasteiger partial charge in [-0.2, -0.15) is 0 Å². The summed E-state index contributed by atoms with van der Waals surface area (Å²) in [6.45, 7) is 2.17. The van der Waals surface area contributed by atoms with E-state index in [0.717, 1.165) is 17.1 Å². The first-order valence-electron chi connectivity index (χ1n) is 19.8. The van der Waals surface area contributed by atoms with Gasteiger partial charge in [0.2, 0.25) is 0 Å². The lowest BCUT2D eigenvalue weighted by Gasteiger charge is -2.35. The van der Waals surface area contributed by atoms with Gasteiger partial charge in [-0.25, -0.2) is 0 Å². The van der Waals surface area contributed by atoms with Crippen molar-refractivity contribution in [1.29, 1.82) is 0 Å². The van der Waals surface area contributed by atoms with Crippen LogP contribution in [-0.2, 0) is 5.41 Å². The normalized spacial score (nSPS) is 14.1. The Kier molecular flexibility index (Phi) is 8.69. The highest BCUT2D eigenvalue weighted by atomic mass is 15.1. The second-order valence-electron chi connectivity index (χ2n) is 15.0. The number of fused-ring (bicyclic) bond motifs is 3. The second-order valence-corrected chi connectivity index (χ2v) is 15.0. The molecule has 10 rings (SSSR count). The molecule has 0 spiro atoms. The highest BCUT2D eigenvalue weighted by Gasteiger charge is 2.46. The summed E-state index contributed by atoms with van der Waals surface area (Å²) in [4.78, 5) is 2.44. The zero-order valence-electron chi connectivity index (χ0n) is 31.9. The van der Waals surface area contributed by atoms with E-state index in [1.54, 1.807) is 0 Å². The van der Waals surface area contributed by atoms with Crippen molar-refractivity contribution in [3.63, 3.8) is 0 Å². The van der Waals surface area contributed by atoms with Crippen molar-refractivity contribution in [1.82, 2.24) is 0 Å². The van der Waals surface area contributed by atoms with Crippen LogP contribution in [0.1, 0.15) is 27.8 Å². The number of hydrogen-bond donors (Lipinski definition) is 0. The van der Waals surface area contributed by atoms with Gasteiger partial charge in [0.1, 0.15) is 0 Å². The summed E-state index contributed by atoms with van der Waals surface area (Å²) in [5.74, 6) is 0. The molecule has 0 saturated heterocycles. The van der Waals surface area contributed by atoms with Crippen molar-refractivity contribution in [2.45, 2.75) is 12.3 Å². The summed E-state index contributed by atoms with van der Waals surface area (Å²) in [7, 11) is 0. The summed E-state index contributed by atoms with van der Waals surface area (Å²) in [6, 6.07) is 84.5. The first kappa shape index (κ1) is 34.3. The Morgan fingerprint density at radius 1 is 0.316 bits per heavy atom. The number of anilines is 3. The predicted octanol–water partition coefficient (Wildman–Crippen LogP) is 14.8. The molecular formula is C56H41N. The molecule has 270 valence electrons. The highest BCUT2D eigenvalue weighted by Crippen LogP contribution is 2.57. The van der Waals surface area contributed by atoms with Crippen LogP contribution >= 0.6 is 0 Å². The maximum absolute atomic E-state index is 2.47. The van der Waals surface area contributed by atoms with Crippen LogP contribution in [0.4, 0.5) is 17.1 Å². The molecule has 0 radical (unpaired) electrons. The predicted molar refractivity (Wildman–Crippen MR) is 239 cm³/mol. The van der Waals surface area contributed by atoms with Crippen molar-refractivity contribution >= 4 is 17.1 Å². The number of aryl methyl sites for hydroxylation is 1. The van der Waals surface area contributed by atoms with Crippen LogP contribution in [0.2, 0.25) is 0 Å². The van der Waals surface area contributed by atoms with Gasteiger partial charge in [-0.15, -0.1) is 0 Å². The van der Waals surface area contributed by atoms with Gasteiger partial charge in [0, 0.05) is 16.9 Å². The molecule has 0 fully saturated rings. The van der Waals surface area contributed by atoms with Crippen LogP contribution in [0.25, 0.3) is 44.5 Å². The quantitative estimate of drug-likeness (QED) is 0.151. The minimum absolute atomic E-state index is 0.549. The van der Waals surface area contributed by atoms with Gasteiger partial charge in [-0.1, -0.05) is 206 Å². The molecule has 0 aliphatic heterocycles. The Hall–Kier alpha value is -7.22. The molecule has 1 heteroatoms. The van der Waals surface area contributed by atoms with Crippen molar-refractivity contribution in [3.8, 4) is 44.5 Å². The van der Waals surface area contributed by atoms with Gasteiger partial charge in [-0.3, -0.25) is 0 Å². The first-order chi connectivity index (χ1) is 28.2. The molecule has 57 heavy (non-hydrogen) atoms. The maximum atomic E-state index is 2.47. The van der Waals surface area contributed by atoms with Gasteiger partial charge in [0.25, 0.3) is 0 Å². The van der Waals surface area contributed by atoms with E-state index in [2.05, 4.69) is 242 Å². The third-order valence-corrected chi connectivity index (χ3v) is 11.7. The SMILES string of the molecule is Cc1ccc(C2(c3ccc(-c4ccccc4)cc3)c3ccccc3-c3ccc(N(c4ccc(-c5ccccc5)cc4)c4ccccc4-c4ccccc4)cc32)cc1. The molecule has 1 atom stereocenters. The molecule has 9 aromatic rings. The number of rotatable bonds is 8. The van der Waals surface area contributed by atoms with E-state index < -0.39 is 5.41 Å². The van der Waals surface area contributed by atoms with Gasteiger partial charge >= 0.3 is 0 Å². The molecule has 0 bridgehead atoms. The summed E-state index contributed by atoms with van der Waals surface area (Å²) in [5.41, 5.74) is 18.8. The number of nitrogens with zero attached hydrogens (tertiary/aromatic N) is 1. The molecule has 0 amide bonds. The Morgan fingerprint density at radius 2 is 0.754 bits per heavy atom. The van der Waals surface area contributed by atoms with E-state index in [1.807, 2.05) is 0 Å². The Balaban J connectivity index is 1.22. The van der Waals surface area contributed by atoms with E-state index in [4.69, 9.17) is 0 Å². The van der Waals surface area contributed by atoms with Crippen molar-refractivity contribution in [2.24, 2.45) is 0 Å². The minimum Gasteiger partial charge on any atom is -0.310 e. The van der Waals surface area contributed by atoms with Crippen LogP contribution < -0.4 is 4.90 Å². The average molecular weight is 728 g/mol. The van der Waals surface area contributed by atoms with Gasteiger partial charge in [0.05, 0.1) is 11.1 Å². The van der Waals surface area contributed by atoms with Crippen LogP contribution in [0, 0.1) is 6.92 Å². The summed E-state index contributed by atoms with van der Waals surface area (Å²) in [6.07, 6.45) is 0. The van der Waals surface area contributed by atoms with Crippen LogP contribution in [0.15, 0.2) is 231 Å². The fourth-order valence-corrected chi connectivity index (χ4v) is 8.93. The molecule has 0 N–H and O–H groups in total. The molecule has 9 aromatic carbocycles. The zero-order chi connectivity index (χ0) is 38.2. The Labute approximate surface area is 335 Å².